The summed E-state index contributed by atoms with van der Waals surface area (Å²) in [6.45, 7) is 0. The van der Waals surface area contributed by atoms with Crippen molar-refractivity contribution in [2.45, 2.75) is 6.18 Å². The lowest BCUT2D eigenvalue weighted by atomic mass is 10.1. The number of hydrogen-bond acceptors (Lipinski definition) is 3. The van der Waals surface area contributed by atoms with Crippen molar-refractivity contribution < 1.29 is 17.6 Å². The van der Waals surface area contributed by atoms with Crippen molar-refractivity contribution in [3.05, 3.63) is 35.8 Å². The maximum atomic E-state index is 13.1. The van der Waals surface area contributed by atoms with Gasteiger partial charge in [0.15, 0.2) is 0 Å². The molecule has 1 aromatic carbocycles. The highest BCUT2D eigenvalue weighted by atomic mass is 32.2. The van der Waals surface area contributed by atoms with Crippen LogP contribution in [0.1, 0.15) is 5.69 Å². The third kappa shape index (κ3) is 2.50. The van der Waals surface area contributed by atoms with E-state index in [1.165, 1.54) is 6.07 Å². The second kappa shape index (κ2) is 4.64. The molecule has 0 atom stereocenters. The molecule has 0 unspecified atom stereocenters. The largest absolute Gasteiger partial charge is 0.433 e. The Morgan fingerprint density at radius 3 is 2.56 bits per heavy atom. The van der Waals surface area contributed by atoms with Crippen LogP contribution in [0.15, 0.2) is 24.3 Å². The molecular weight excluding hydrogens is 268 g/mol. The Labute approximate surface area is 105 Å². The molecule has 0 saturated heterocycles. The topological polar surface area (TPSA) is 24.9 Å². The fourth-order valence-electron chi connectivity index (χ4n) is 1.54. The Hall–Kier alpha value is -1.50. The second-order valence-electron chi connectivity index (χ2n) is 3.52. The predicted octanol–water partition coefficient (Wildman–Crippen LogP) is 4.08. The SMILES string of the molecule is CSNc1cc(C(F)(F)F)nc2ccc(F)cc12. The molecular formula is C11H8F4N2S. The molecule has 0 radical (unpaired) electrons. The zero-order valence-corrected chi connectivity index (χ0v) is 9.99. The predicted molar refractivity (Wildman–Crippen MR) is 63.8 cm³/mol. The summed E-state index contributed by atoms with van der Waals surface area (Å²) in [7, 11) is 0. The average Bonchev–Trinajstić information content (AvgIpc) is 2.28. The first-order valence-corrected chi connectivity index (χ1v) is 6.11. The van der Waals surface area contributed by atoms with Gasteiger partial charge in [-0.05, 0) is 24.3 Å². The third-order valence-electron chi connectivity index (χ3n) is 2.27. The molecule has 0 spiro atoms. The molecule has 1 heterocycles. The molecule has 0 aliphatic carbocycles. The van der Waals surface area contributed by atoms with E-state index >= 15 is 0 Å². The van der Waals surface area contributed by atoms with Gasteiger partial charge in [0.05, 0.1) is 11.2 Å². The van der Waals surface area contributed by atoms with Crippen LogP contribution in [0.3, 0.4) is 0 Å². The highest BCUT2D eigenvalue weighted by Gasteiger charge is 2.33. The van der Waals surface area contributed by atoms with E-state index in [2.05, 4.69) is 9.71 Å². The van der Waals surface area contributed by atoms with Crippen LogP contribution in [0, 0.1) is 5.82 Å². The van der Waals surface area contributed by atoms with Crippen LogP contribution in [0.5, 0.6) is 0 Å². The van der Waals surface area contributed by atoms with Gasteiger partial charge in [-0.1, -0.05) is 11.9 Å². The highest BCUT2D eigenvalue weighted by Crippen LogP contribution is 2.33. The molecule has 18 heavy (non-hydrogen) atoms. The lowest BCUT2D eigenvalue weighted by molar-refractivity contribution is -0.140. The van der Waals surface area contributed by atoms with Crippen molar-refractivity contribution in [2.75, 3.05) is 11.0 Å². The number of halogens is 4. The van der Waals surface area contributed by atoms with Crippen molar-refractivity contribution in [2.24, 2.45) is 0 Å². The average molecular weight is 276 g/mol. The van der Waals surface area contributed by atoms with E-state index in [1.807, 2.05) is 0 Å². The fraction of sp³-hybridized carbons (Fsp3) is 0.182. The van der Waals surface area contributed by atoms with Gasteiger partial charge in [0, 0.05) is 11.6 Å². The van der Waals surface area contributed by atoms with Gasteiger partial charge in [-0.25, -0.2) is 9.37 Å². The molecule has 0 bridgehead atoms. The number of benzene rings is 1. The van der Waals surface area contributed by atoms with E-state index in [1.54, 1.807) is 6.26 Å². The highest BCUT2D eigenvalue weighted by molar-refractivity contribution is 7.99. The first kappa shape index (κ1) is 12.9. The van der Waals surface area contributed by atoms with Gasteiger partial charge in [0.25, 0.3) is 0 Å². The molecule has 2 nitrogen and oxygen atoms in total. The van der Waals surface area contributed by atoms with Gasteiger partial charge in [-0.2, -0.15) is 13.2 Å². The van der Waals surface area contributed by atoms with E-state index in [-0.39, 0.29) is 11.2 Å². The lowest BCUT2D eigenvalue weighted by Gasteiger charge is -2.12. The van der Waals surface area contributed by atoms with Crippen LogP contribution >= 0.6 is 11.9 Å². The zero-order valence-electron chi connectivity index (χ0n) is 9.18. The van der Waals surface area contributed by atoms with Crippen LogP contribution in [0.2, 0.25) is 0 Å². The fourth-order valence-corrected chi connectivity index (χ4v) is 1.93. The summed E-state index contributed by atoms with van der Waals surface area (Å²) < 4.78 is 53.7. The molecule has 0 aliphatic rings. The first-order valence-electron chi connectivity index (χ1n) is 4.88. The van der Waals surface area contributed by atoms with Gasteiger partial charge in [0.1, 0.15) is 11.5 Å². The number of anilines is 1. The minimum atomic E-state index is -4.53. The summed E-state index contributed by atoms with van der Waals surface area (Å²) in [4.78, 5) is 3.49. The van der Waals surface area contributed by atoms with E-state index in [0.29, 0.717) is 5.39 Å². The summed E-state index contributed by atoms with van der Waals surface area (Å²) in [5, 5.41) is 0.317. The van der Waals surface area contributed by atoms with E-state index < -0.39 is 17.7 Å². The number of nitrogens with zero attached hydrogens (tertiary/aromatic N) is 1. The van der Waals surface area contributed by atoms with Gasteiger partial charge in [0.2, 0.25) is 0 Å². The third-order valence-corrected chi connectivity index (χ3v) is 2.70. The quantitative estimate of drug-likeness (QED) is 0.660. The Kier molecular flexibility index (Phi) is 3.34. The van der Waals surface area contributed by atoms with Gasteiger partial charge >= 0.3 is 6.18 Å². The molecule has 2 aromatic rings. The van der Waals surface area contributed by atoms with Crippen molar-refractivity contribution in [1.29, 1.82) is 0 Å². The smallest absolute Gasteiger partial charge is 0.329 e. The minimum absolute atomic E-state index is 0.0998. The van der Waals surface area contributed by atoms with Crippen molar-refractivity contribution >= 4 is 28.5 Å². The van der Waals surface area contributed by atoms with E-state index in [4.69, 9.17) is 0 Å². The summed E-state index contributed by atoms with van der Waals surface area (Å²) in [6, 6.07) is 4.34. The maximum Gasteiger partial charge on any atom is 0.433 e. The molecule has 0 fully saturated rings. The second-order valence-corrected chi connectivity index (χ2v) is 4.13. The number of pyridine rings is 1. The van der Waals surface area contributed by atoms with Gasteiger partial charge < -0.3 is 4.72 Å². The molecule has 0 saturated carbocycles. The Morgan fingerprint density at radius 2 is 1.94 bits per heavy atom. The normalized spacial score (nSPS) is 11.8. The van der Waals surface area contributed by atoms with Crippen molar-refractivity contribution in [3.8, 4) is 0 Å². The molecule has 0 aliphatic heterocycles. The summed E-state index contributed by atoms with van der Waals surface area (Å²) in [5.41, 5.74) is -0.708. The molecule has 1 N–H and O–H groups in total. The van der Waals surface area contributed by atoms with Crippen LogP contribution in [0.25, 0.3) is 10.9 Å². The van der Waals surface area contributed by atoms with E-state index in [9.17, 15) is 17.6 Å². The Bertz CT molecular complexity index is 583. The van der Waals surface area contributed by atoms with Crippen LogP contribution in [-0.4, -0.2) is 11.2 Å². The van der Waals surface area contributed by atoms with Crippen LogP contribution in [-0.2, 0) is 6.18 Å². The van der Waals surface area contributed by atoms with Gasteiger partial charge in [-0.15, -0.1) is 0 Å². The number of aromatic nitrogens is 1. The zero-order chi connectivity index (χ0) is 13.3. The standard InChI is InChI=1S/C11H8F4N2S/c1-18-17-9-5-10(11(13,14)15)16-8-3-2-6(12)4-7(8)9/h2-5H,1H3,(H,16,17). The molecule has 1 aromatic heterocycles. The van der Waals surface area contributed by atoms with E-state index in [0.717, 1.165) is 30.1 Å². The number of nitrogens with one attached hydrogen (secondary N) is 1. The number of rotatable bonds is 2. The van der Waals surface area contributed by atoms with Crippen LogP contribution < -0.4 is 4.72 Å². The minimum Gasteiger partial charge on any atom is -0.329 e. The lowest BCUT2D eigenvalue weighted by Crippen LogP contribution is -2.08. The summed E-state index contributed by atoms with van der Waals surface area (Å²) >= 11 is 1.13. The molecule has 7 heteroatoms. The van der Waals surface area contributed by atoms with Crippen molar-refractivity contribution in [3.63, 3.8) is 0 Å². The monoisotopic (exact) mass is 276 g/mol. The Morgan fingerprint density at radius 1 is 1.22 bits per heavy atom. The number of hydrogen-bond donors (Lipinski definition) is 1. The first-order chi connectivity index (χ1) is 8.41. The molecule has 0 amide bonds. The summed E-state index contributed by atoms with van der Waals surface area (Å²) in [6.07, 6.45) is -2.86. The molecule has 2 rings (SSSR count). The number of fused-ring (bicyclic) bond motifs is 1. The van der Waals surface area contributed by atoms with Crippen LogP contribution in [0.4, 0.5) is 23.2 Å². The van der Waals surface area contributed by atoms with Crippen molar-refractivity contribution in [1.82, 2.24) is 4.98 Å². The Balaban J connectivity index is 2.70. The summed E-state index contributed by atoms with van der Waals surface area (Å²) in [5.74, 6) is -0.520. The molecule has 96 valence electrons. The van der Waals surface area contributed by atoms with Gasteiger partial charge in [-0.3, -0.25) is 0 Å². The number of alkyl halides is 3. The maximum absolute atomic E-state index is 13.1.